The largest absolute Gasteiger partial charge is 0.298 e. The van der Waals surface area contributed by atoms with E-state index >= 15 is 0 Å². The fourth-order valence-corrected chi connectivity index (χ4v) is 1.54. The normalized spacial score (nSPS) is 10.1. The van der Waals surface area contributed by atoms with Crippen molar-refractivity contribution in [3.8, 4) is 0 Å². The van der Waals surface area contributed by atoms with Crippen molar-refractivity contribution in [3.05, 3.63) is 33.8 Å². The summed E-state index contributed by atoms with van der Waals surface area (Å²) in [6, 6.07) is 5.44. The number of hydrogen-bond acceptors (Lipinski definition) is 2. The van der Waals surface area contributed by atoms with Gasteiger partial charge in [-0.1, -0.05) is 29.3 Å². The molecule has 0 amide bonds. The zero-order chi connectivity index (χ0) is 9.84. The molecule has 1 nitrogen and oxygen atoms in total. The average molecular weight is 234 g/mol. The van der Waals surface area contributed by atoms with Crippen LogP contribution in [0.1, 0.15) is 5.56 Å². The van der Waals surface area contributed by atoms with Gasteiger partial charge in [0, 0.05) is 6.42 Å². The summed E-state index contributed by atoms with van der Waals surface area (Å²) in [6.07, 6.45) is 2.51. The Balaban J connectivity index is 2.79. The third-order valence-corrected chi connectivity index (χ3v) is 2.97. The molecule has 0 spiro atoms. The smallest absolute Gasteiger partial charge is 0.0682 e. The Morgan fingerprint density at radius 3 is 2.62 bits per heavy atom. The van der Waals surface area contributed by atoms with Crippen molar-refractivity contribution in [2.45, 2.75) is 6.42 Å². The Labute approximate surface area is 91.9 Å². The summed E-state index contributed by atoms with van der Waals surface area (Å²) in [5.74, 6) is 0. The van der Waals surface area contributed by atoms with Crippen LogP contribution in [0.15, 0.2) is 18.2 Å². The zero-order valence-corrected chi connectivity index (χ0v) is 9.43. The molecular weight excluding hydrogens is 225 g/mol. The van der Waals surface area contributed by atoms with E-state index < -0.39 is 0 Å². The summed E-state index contributed by atoms with van der Waals surface area (Å²) in [7, 11) is 0. The maximum Gasteiger partial charge on any atom is 0.0682 e. The van der Waals surface area contributed by atoms with Crippen LogP contribution in [0.25, 0.3) is 0 Å². The van der Waals surface area contributed by atoms with Crippen LogP contribution in [0.3, 0.4) is 0 Å². The quantitative estimate of drug-likeness (QED) is 0.609. The van der Waals surface area contributed by atoms with Gasteiger partial charge in [0.2, 0.25) is 0 Å². The van der Waals surface area contributed by atoms with Crippen LogP contribution < -0.4 is 0 Å². The number of rotatable bonds is 2. The Hall–Kier alpha value is -0.180. The van der Waals surface area contributed by atoms with E-state index in [1.807, 2.05) is 12.3 Å². The molecule has 70 valence electrons. The highest BCUT2D eigenvalue weighted by Gasteiger charge is 2.01. The van der Waals surface area contributed by atoms with Gasteiger partial charge in [0.15, 0.2) is 0 Å². The first-order chi connectivity index (χ1) is 6.13. The second-order valence-corrected chi connectivity index (χ2v) is 4.27. The molecule has 1 aromatic carbocycles. The molecule has 4 heteroatoms. The maximum atomic E-state index is 7.49. The molecule has 13 heavy (non-hydrogen) atoms. The standard InChI is InChI=1S/C9H9Cl2NS/c1-13-9(12)5-6-2-3-7(10)8(11)4-6/h2-4,12H,5H2,1H3. The highest BCUT2D eigenvalue weighted by Crippen LogP contribution is 2.23. The van der Waals surface area contributed by atoms with Gasteiger partial charge in [-0.3, -0.25) is 5.41 Å². The topological polar surface area (TPSA) is 23.9 Å². The number of hydrogen-bond donors (Lipinski definition) is 1. The Morgan fingerprint density at radius 1 is 1.38 bits per heavy atom. The monoisotopic (exact) mass is 233 g/mol. The highest BCUT2D eigenvalue weighted by molar-refractivity contribution is 8.13. The van der Waals surface area contributed by atoms with Gasteiger partial charge in [-0.2, -0.15) is 0 Å². The van der Waals surface area contributed by atoms with E-state index in [2.05, 4.69) is 0 Å². The summed E-state index contributed by atoms with van der Waals surface area (Å²) in [5.41, 5.74) is 1.02. The Morgan fingerprint density at radius 2 is 2.08 bits per heavy atom. The van der Waals surface area contributed by atoms with E-state index in [4.69, 9.17) is 28.6 Å². The van der Waals surface area contributed by atoms with Crippen LogP contribution >= 0.6 is 35.0 Å². The fourth-order valence-electron chi connectivity index (χ4n) is 0.907. The van der Waals surface area contributed by atoms with Gasteiger partial charge < -0.3 is 0 Å². The van der Waals surface area contributed by atoms with E-state index in [9.17, 15) is 0 Å². The molecule has 0 fully saturated rings. The molecular formula is C9H9Cl2NS. The molecule has 1 rings (SSSR count). The molecule has 0 heterocycles. The predicted octanol–water partition coefficient (Wildman–Crippen LogP) is 3.88. The van der Waals surface area contributed by atoms with Gasteiger partial charge in [-0.05, 0) is 24.0 Å². The second kappa shape index (κ2) is 4.89. The second-order valence-electron chi connectivity index (χ2n) is 2.55. The third-order valence-electron chi connectivity index (χ3n) is 1.60. The van der Waals surface area contributed by atoms with Crippen molar-refractivity contribution in [2.24, 2.45) is 0 Å². The summed E-state index contributed by atoms with van der Waals surface area (Å²) >= 11 is 13.0. The molecule has 0 aromatic heterocycles. The van der Waals surface area contributed by atoms with Crippen LogP contribution in [0.5, 0.6) is 0 Å². The minimum absolute atomic E-state index is 0.549. The van der Waals surface area contributed by atoms with Crippen LogP contribution in [-0.2, 0) is 6.42 Å². The first-order valence-electron chi connectivity index (χ1n) is 3.69. The van der Waals surface area contributed by atoms with Crippen molar-refractivity contribution in [3.63, 3.8) is 0 Å². The van der Waals surface area contributed by atoms with Crippen LogP contribution in [0.4, 0.5) is 0 Å². The van der Waals surface area contributed by atoms with Crippen molar-refractivity contribution < 1.29 is 0 Å². The van der Waals surface area contributed by atoms with Crippen LogP contribution in [-0.4, -0.2) is 11.3 Å². The lowest BCUT2D eigenvalue weighted by molar-refractivity contribution is 1.32. The van der Waals surface area contributed by atoms with Gasteiger partial charge in [0.25, 0.3) is 0 Å². The summed E-state index contributed by atoms with van der Waals surface area (Å²) < 4.78 is 0. The Bertz CT molecular complexity index is 325. The number of benzene rings is 1. The van der Waals surface area contributed by atoms with Gasteiger partial charge in [-0.25, -0.2) is 0 Å². The zero-order valence-electron chi connectivity index (χ0n) is 7.10. The first-order valence-corrected chi connectivity index (χ1v) is 5.67. The fraction of sp³-hybridized carbons (Fsp3) is 0.222. The summed E-state index contributed by atoms with van der Waals surface area (Å²) in [4.78, 5) is 0. The number of thioether (sulfide) groups is 1. The van der Waals surface area contributed by atoms with Crippen LogP contribution in [0.2, 0.25) is 10.0 Å². The van der Waals surface area contributed by atoms with Crippen molar-refractivity contribution >= 4 is 40.0 Å². The van der Waals surface area contributed by atoms with E-state index in [-0.39, 0.29) is 0 Å². The first kappa shape index (κ1) is 10.9. The van der Waals surface area contributed by atoms with E-state index in [1.54, 1.807) is 12.1 Å². The van der Waals surface area contributed by atoms with E-state index in [1.165, 1.54) is 11.8 Å². The number of halogens is 2. The van der Waals surface area contributed by atoms with Gasteiger partial charge in [0.1, 0.15) is 0 Å². The molecule has 0 unspecified atom stereocenters. The Kier molecular flexibility index (Phi) is 4.10. The maximum absolute atomic E-state index is 7.49. The summed E-state index contributed by atoms with van der Waals surface area (Å²) in [6.45, 7) is 0. The molecule has 0 atom stereocenters. The molecule has 0 aliphatic rings. The molecule has 0 saturated carbocycles. The minimum Gasteiger partial charge on any atom is -0.298 e. The van der Waals surface area contributed by atoms with Crippen molar-refractivity contribution in [1.29, 1.82) is 5.41 Å². The molecule has 0 aliphatic heterocycles. The van der Waals surface area contributed by atoms with E-state index in [0.717, 1.165) is 5.56 Å². The van der Waals surface area contributed by atoms with Gasteiger partial charge in [0.05, 0.1) is 15.1 Å². The SMILES string of the molecule is CSC(=N)Cc1ccc(Cl)c(Cl)c1. The molecule has 1 N–H and O–H groups in total. The van der Waals surface area contributed by atoms with Crippen molar-refractivity contribution in [1.82, 2.24) is 0 Å². The predicted molar refractivity (Wildman–Crippen MR) is 61.4 cm³/mol. The lowest BCUT2D eigenvalue weighted by Gasteiger charge is -2.02. The van der Waals surface area contributed by atoms with Gasteiger partial charge >= 0.3 is 0 Å². The van der Waals surface area contributed by atoms with Crippen LogP contribution in [0, 0.1) is 5.41 Å². The molecule has 0 bridgehead atoms. The molecule has 0 aliphatic carbocycles. The minimum atomic E-state index is 0.549. The lowest BCUT2D eigenvalue weighted by Crippen LogP contribution is -1.95. The average Bonchev–Trinajstić information content (AvgIpc) is 2.11. The van der Waals surface area contributed by atoms with Gasteiger partial charge in [-0.15, -0.1) is 11.8 Å². The third kappa shape index (κ3) is 3.22. The lowest BCUT2D eigenvalue weighted by atomic mass is 10.2. The summed E-state index contributed by atoms with van der Waals surface area (Å²) in [5, 5.41) is 9.22. The molecule has 0 saturated heterocycles. The van der Waals surface area contributed by atoms with E-state index in [0.29, 0.717) is 21.5 Å². The molecule has 0 radical (unpaired) electrons. The highest BCUT2D eigenvalue weighted by atomic mass is 35.5. The number of nitrogens with one attached hydrogen (secondary N) is 1. The molecule has 1 aromatic rings. The van der Waals surface area contributed by atoms with Crippen molar-refractivity contribution in [2.75, 3.05) is 6.26 Å².